The second-order valence-corrected chi connectivity index (χ2v) is 4.69. The van der Waals surface area contributed by atoms with E-state index in [-0.39, 0.29) is 5.41 Å². The first-order chi connectivity index (χ1) is 5.90. The first kappa shape index (κ1) is 12.7. The maximum absolute atomic E-state index is 5.35. The summed E-state index contributed by atoms with van der Waals surface area (Å²) < 4.78 is 5.35. The van der Waals surface area contributed by atoms with E-state index in [1.807, 2.05) is 0 Å². The first-order valence-electron chi connectivity index (χ1n) is 5.06. The third kappa shape index (κ3) is 5.09. The summed E-state index contributed by atoms with van der Waals surface area (Å²) in [4.78, 5) is 0. The van der Waals surface area contributed by atoms with E-state index >= 15 is 0 Å². The molecule has 0 aliphatic rings. The van der Waals surface area contributed by atoms with Gasteiger partial charge in [-0.05, 0) is 39.0 Å². The van der Waals surface area contributed by atoms with Crippen molar-refractivity contribution in [3.8, 4) is 0 Å². The summed E-state index contributed by atoms with van der Waals surface area (Å²) in [5.41, 5.74) is 1.68. The lowest BCUT2D eigenvalue weighted by Crippen LogP contribution is -2.28. The fourth-order valence-corrected chi connectivity index (χ4v) is 1.26. The highest BCUT2D eigenvalue weighted by molar-refractivity contribution is 4.94. The number of ether oxygens (including phenoxy) is 1. The zero-order valence-corrected chi connectivity index (χ0v) is 9.98. The highest BCUT2D eigenvalue weighted by Gasteiger charge is 2.24. The van der Waals surface area contributed by atoms with Crippen LogP contribution in [0.2, 0.25) is 0 Å². The number of hydrogen-bond donors (Lipinski definition) is 0. The molecule has 1 atom stereocenters. The van der Waals surface area contributed by atoms with Crippen molar-refractivity contribution in [2.45, 2.75) is 53.6 Å². The van der Waals surface area contributed by atoms with Crippen molar-refractivity contribution >= 4 is 0 Å². The van der Waals surface area contributed by atoms with Gasteiger partial charge in [-0.15, -0.1) is 0 Å². The molecule has 0 heterocycles. The van der Waals surface area contributed by atoms with Crippen LogP contribution in [0.15, 0.2) is 11.6 Å². The van der Waals surface area contributed by atoms with Gasteiger partial charge in [-0.25, -0.2) is 0 Å². The number of methoxy groups -OCH3 is 1. The molecule has 13 heavy (non-hydrogen) atoms. The minimum absolute atomic E-state index is 0.278. The molecule has 0 amide bonds. The Bertz CT molecular complexity index is 164. The molecule has 0 fully saturated rings. The molecule has 78 valence electrons. The van der Waals surface area contributed by atoms with Gasteiger partial charge in [-0.2, -0.15) is 0 Å². The largest absolute Gasteiger partial charge is 0.381 e. The molecule has 0 saturated heterocycles. The van der Waals surface area contributed by atoms with Gasteiger partial charge in [0.05, 0.1) is 6.10 Å². The van der Waals surface area contributed by atoms with Crippen LogP contribution in [0.4, 0.5) is 0 Å². The average molecular weight is 184 g/mol. The lowest BCUT2D eigenvalue weighted by atomic mass is 9.82. The standard InChI is InChI=1S/C12H24O/c1-10(2)8-7-9-12(4,5)11(3)13-6/h8,11H,7,9H2,1-6H3. The van der Waals surface area contributed by atoms with Crippen LogP contribution in [0, 0.1) is 5.41 Å². The minimum Gasteiger partial charge on any atom is -0.381 e. The maximum atomic E-state index is 5.35. The normalized spacial score (nSPS) is 14.0. The molecule has 0 aromatic heterocycles. The van der Waals surface area contributed by atoms with Crippen molar-refractivity contribution in [1.29, 1.82) is 0 Å². The summed E-state index contributed by atoms with van der Waals surface area (Å²) in [5.74, 6) is 0. The Morgan fingerprint density at radius 1 is 1.38 bits per heavy atom. The summed E-state index contributed by atoms with van der Waals surface area (Å²) in [6.45, 7) is 11.0. The van der Waals surface area contributed by atoms with Gasteiger partial charge < -0.3 is 4.74 Å². The van der Waals surface area contributed by atoms with Crippen molar-refractivity contribution in [1.82, 2.24) is 0 Å². The fraction of sp³-hybridized carbons (Fsp3) is 0.833. The van der Waals surface area contributed by atoms with Gasteiger partial charge in [0.15, 0.2) is 0 Å². The molecule has 0 aromatic rings. The molecular weight excluding hydrogens is 160 g/mol. The quantitative estimate of drug-likeness (QED) is 0.591. The molecule has 0 bridgehead atoms. The van der Waals surface area contributed by atoms with Gasteiger partial charge in [0, 0.05) is 7.11 Å². The van der Waals surface area contributed by atoms with E-state index in [2.05, 4.69) is 40.7 Å². The highest BCUT2D eigenvalue weighted by Crippen LogP contribution is 2.28. The Morgan fingerprint density at radius 3 is 2.31 bits per heavy atom. The lowest BCUT2D eigenvalue weighted by Gasteiger charge is -2.30. The Balaban J connectivity index is 3.96. The summed E-state index contributed by atoms with van der Waals surface area (Å²) in [6, 6.07) is 0. The maximum Gasteiger partial charge on any atom is 0.0594 e. The molecule has 0 radical (unpaired) electrons. The Labute approximate surface area is 83.2 Å². The van der Waals surface area contributed by atoms with Crippen LogP contribution in [0.25, 0.3) is 0 Å². The third-order valence-corrected chi connectivity index (χ3v) is 2.80. The summed E-state index contributed by atoms with van der Waals surface area (Å²) >= 11 is 0. The van der Waals surface area contributed by atoms with Crippen molar-refractivity contribution in [3.63, 3.8) is 0 Å². The van der Waals surface area contributed by atoms with E-state index in [0.29, 0.717) is 6.10 Å². The Morgan fingerprint density at radius 2 is 1.92 bits per heavy atom. The van der Waals surface area contributed by atoms with Gasteiger partial charge in [0.25, 0.3) is 0 Å². The van der Waals surface area contributed by atoms with Crippen LogP contribution < -0.4 is 0 Å². The van der Waals surface area contributed by atoms with Crippen LogP contribution >= 0.6 is 0 Å². The van der Waals surface area contributed by atoms with Crippen molar-refractivity contribution in [3.05, 3.63) is 11.6 Å². The molecule has 0 aliphatic carbocycles. The van der Waals surface area contributed by atoms with Gasteiger partial charge >= 0.3 is 0 Å². The molecular formula is C12H24O. The zero-order valence-electron chi connectivity index (χ0n) is 9.98. The monoisotopic (exact) mass is 184 g/mol. The molecule has 0 spiro atoms. The number of hydrogen-bond acceptors (Lipinski definition) is 1. The van der Waals surface area contributed by atoms with Crippen LogP contribution in [-0.4, -0.2) is 13.2 Å². The average Bonchev–Trinajstić information content (AvgIpc) is 2.01. The van der Waals surface area contributed by atoms with Gasteiger partial charge in [-0.1, -0.05) is 25.5 Å². The molecule has 0 aromatic carbocycles. The number of rotatable bonds is 5. The predicted octanol–water partition coefficient (Wildman–Crippen LogP) is 3.79. The molecule has 1 unspecified atom stereocenters. The molecule has 1 nitrogen and oxygen atoms in total. The second-order valence-electron chi connectivity index (χ2n) is 4.69. The van der Waals surface area contributed by atoms with E-state index < -0.39 is 0 Å². The minimum atomic E-state index is 0.278. The molecule has 0 N–H and O–H groups in total. The Kier molecular flexibility index (Phi) is 5.31. The smallest absolute Gasteiger partial charge is 0.0594 e. The van der Waals surface area contributed by atoms with E-state index in [1.165, 1.54) is 12.0 Å². The molecule has 0 rings (SSSR count). The van der Waals surface area contributed by atoms with Crippen LogP contribution in [-0.2, 0) is 4.74 Å². The van der Waals surface area contributed by atoms with Crippen molar-refractivity contribution in [2.75, 3.05) is 7.11 Å². The first-order valence-corrected chi connectivity index (χ1v) is 5.06. The lowest BCUT2D eigenvalue weighted by molar-refractivity contribution is 0.0167. The van der Waals surface area contributed by atoms with E-state index in [1.54, 1.807) is 7.11 Å². The third-order valence-electron chi connectivity index (χ3n) is 2.80. The topological polar surface area (TPSA) is 9.23 Å². The second kappa shape index (κ2) is 5.43. The highest BCUT2D eigenvalue weighted by atomic mass is 16.5. The van der Waals surface area contributed by atoms with Crippen molar-refractivity contribution < 1.29 is 4.74 Å². The van der Waals surface area contributed by atoms with Gasteiger partial charge in [0.1, 0.15) is 0 Å². The molecule has 0 aliphatic heterocycles. The Hall–Kier alpha value is -0.300. The van der Waals surface area contributed by atoms with Gasteiger partial charge in [-0.3, -0.25) is 0 Å². The molecule has 0 saturated carbocycles. The van der Waals surface area contributed by atoms with E-state index in [0.717, 1.165) is 6.42 Å². The number of allylic oxidation sites excluding steroid dienone is 2. The SMILES string of the molecule is COC(C)C(C)(C)CCC=C(C)C. The van der Waals surface area contributed by atoms with E-state index in [9.17, 15) is 0 Å². The summed E-state index contributed by atoms with van der Waals surface area (Å²) in [5, 5.41) is 0. The molecule has 1 heteroatoms. The predicted molar refractivity (Wildman–Crippen MR) is 58.9 cm³/mol. The summed E-state index contributed by atoms with van der Waals surface area (Å²) in [6.07, 6.45) is 4.97. The van der Waals surface area contributed by atoms with Gasteiger partial charge in [0.2, 0.25) is 0 Å². The van der Waals surface area contributed by atoms with Crippen LogP contribution in [0.1, 0.15) is 47.5 Å². The van der Waals surface area contributed by atoms with E-state index in [4.69, 9.17) is 4.74 Å². The van der Waals surface area contributed by atoms with Crippen LogP contribution in [0.5, 0.6) is 0 Å². The zero-order chi connectivity index (χ0) is 10.5. The van der Waals surface area contributed by atoms with Crippen LogP contribution in [0.3, 0.4) is 0 Å². The van der Waals surface area contributed by atoms with Crippen molar-refractivity contribution in [2.24, 2.45) is 5.41 Å². The summed E-state index contributed by atoms with van der Waals surface area (Å²) in [7, 11) is 1.79. The fourth-order valence-electron chi connectivity index (χ4n) is 1.26.